The number of likely N-dealkylation sites (tertiary alicyclic amines) is 1. The summed E-state index contributed by atoms with van der Waals surface area (Å²) in [6, 6.07) is -0.677. The Kier molecular flexibility index (Phi) is 10.5. The van der Waals surface area contributed by atoms with Crippen LogP contribution in [0.5, 0.6) is 0 Å². The van der Waals surface area contributed by atoms with Gasteiger partial charge in [0.15, 0.2) is 0 Å². The highest BCUT2D eigenvalue weighted by Gasteiger charge is 2.52. The van der Waals surface area contributed by atoms with Crippen LogP contribution in [0.2, 0.25) is 0 Å². The number of esters is 1. The standard InChI is InChI=1S/C20H33F2NO4/c1-3-4-7-10-17(24)13-12-16-15-20(21,22)19(26)23(16)14-9-6-5-8-11-18(25)27-2/h12-13,16-17,24H,3-11,14-15H2,1-2H3/t16-,17?/m0/s1. The molecule has 1 aliphatic rings. The van der Waals surface area contributed by atoms with Crippen molar-refractivity contribution in [2.45, 2.75) is 89.2 Å². The van der Waals surface area contributed by atoms with Gasteiger partial charge in [0.1, 0.15) is 0 Å². The van der Waals surface area contributed by atoms with Gasteiger partial charge < -0.3 is 14.7 Å². The Morgan fingerprint density at radius 3 is 2.67 bits per heavy atom. The zero-order valence-corrected chi connectivity index (χ0v) is 16.5. The molecule has 0 aromatic heterocycles. The SMILES string of the molecule is CCCCCC(O)C=C[C@H]1CC(F)(F)C(=O)N1CCCCCCC(=O)OC. The lowest BCUT2D eigenvalue weighted by atomic mass is 10.1. The molecule has 1 fully saturated rings. The smallest absolute Gasteiger partial charge is 0.327 e. The minimum absolute atomic E-state index is 0.257. The van der Waals surface area contributed by atoms with Crippen molar-refractivity contribution in [1.29, 1.82) is 0 Å². The Labute approximate surface area is 160 Å². The monoisotopic (exact) mass is 389 g/mol. The summed E-state index contributed by atoms with van der Waals surface area (Å²) in [6.07, 6.45) is 8.61. The fraction of sp³-hybridized carbons (Fsp3) is 0.800. The van der Waals surface area contributed by atoms with Crippen molar-refractivity contribution in [3.05, 3.63) is 12.2 Å². The molecule has 1 N–H and O–H groups in total. The van der Waals surface area contributed by atoms with Crippen LogP contribution in [0, 0.1) is 0 Å². The number of ether oxygens (including phenoxy) is 1. The van der Waals surface area contributed by atoms with Gasteiger partial charge in [0.05, 0.1) is 19.3 Å². The van der Waals surface area contributed by atoms with Crippen LogP contribution in [0.1, 0.15) is 71.1 Å². The predicted molar refractivity (Wildman–Crippen MR) is 99.5 cm³/mol. The lowest BCUT2D eigenvalue weighted by Gasteiger charge is -2.22. The van der Waals surface area contributed by atoms with Crippen molar-refractivity contribution in [2.24, 2.45) is 0 Å². The lowest BCUT2D eigenvalue weighted by Crippen LogP contribution is -2.36. The van der Waals surface area contributed by atoms with Crippen molar-refractivity contribution >= 4 is 11.9 Å². The van der Waals surface area contributed by atoms with Crippen LogP contribution in [0.15, 0.2) is 12.2 Å². The van der Waals surface area contributed by atoms with E-state index in [0.717, 1.165) is 32.1 Å². The average molecular weight is 389 g/mol. The van der Waals surface area contributed by atoms with E-state index in [1.54, 1.807) is 12.2 Å². The van der Waals surface area contributed by atoms with Gasteiger partial charge in [0.2, 0.25) is 0 Å². The second-order valence-corrected chi connectivity index (χ2v) is 7.16. The minimum Gasteiger partial charge on any atom is -0.469 e. The molecule has 156 valence electrons. The number of aliphatic hydroxyl groups is 1. The highest BCUT2D eigenvalue weighted by atomic mass is 19.3. The molecular weight excluding hydrogens is 356 g/mol. The molecule has 1 amide bonds. The number of nitrogens with zero attached hydrogens (tertiary/aromatic N) is 1. The van der Waals surface area contributed by atoms with Crippen molar-refractivity contribution < 1.29 is 28.2 Å². The molecule has 0 aliphatic carbocycles. The van der Waals surface area contributed by atoms with E-state index in [1.165, 1.54) is 12.0 Å². The van der Waals surface area contributed by atoms with Crippen LogP contribution < -0.4 is 0 Å². The van der Waals surface area contributed by atoms with Gasteiger partial charge in [-0.05, 0) is 19.3 Å². The second kappa shape index (κ2) is 12.1. The number of alkyl halides is 2. The first kappa shape index (κ1) is 23.5. The number of carbonyl (C=O) groups excluding carboxylic acids is 2. The normalized spacial score (nSPS) is 20.4. The first-order valence-corrected chi connectivity index (χ1v) is 9.94. The van der Waals surface area contributed by atoms with Gasteiger partial charge in [-0.25, -0.2) is 0 Å². The van der Waals surface area contributed by atoms with Crippen LogP contribution in [-0.4, -0.2) is 53.6 Å². The molecule has 0 saturated carbocycles. The first-order chi connectivity index (χ1) is 12.8. The molecule has 0 aromatic rings. The van der Waals surface area contributed by atoms with Crippen molar-refractivity contribution in [3.8, 4) is 0 Å². The molecule has 1 saturated heterocycles. The first-order valence-electron chi connectivity index (χ1n) is 9.94. The van der Waals surface area contributed by atoms with E-state index in [1.807, 2.05) is 0 Å². The number of unbranched alkanes of at least 4 members (excludes halogenated alkanes) is 5. The molecule has 0 bridgehead atoms. The quantitative estimate of drug-likeness (QED) is 0.295. The van der Waals surface area contributed by atoms with Gasteiger partial charge in [-0.2, -0.15) is 8.78 Å². The van der Waals surface area contributed by atoms with Gasteiger partial charge in [-0.15, -0.1) is 0 Å². The molecule has 1 heterocycles. The van der Waals surface area contributed by atoms with Crippen molar-refractivity contribution in [2.75, 3.05) is 13.7 Å². The van der Waals surface area contributed by atoms with E-state index in [4.69, 9.17) is 0 Å². The van der Waals surface area contributed by atoms with Gasteiger partial charge >= 0.3 is 11.9 Å². The zero-order valence-electron chi connectivity index (χ0n) is 16.5. The number of carbonyl (C=O) groups is 2. The van der Waals surface area contributed by atoms with Gasteiger partial charge in [-0.1, -0.05) is 51.2 Å². The Morgan fingerprint density at radius 2 is 2.00 bits per heavy atom. The molecule has 2 atom stereocenters. The van der Waals surface area contributed by atoms with Gasteiger partial charge in [0.25, 0.3) is 5.91 Å². The molecule has 0 radical (unpaired) electrons. The zero-order chi connectivity index (χ0) is 20.3. The number of halogens is 2. The fourth-order valence-corrected chi connectivity index (χ4v) is 3.22. The topological polar surface area (TPSA) is 66.8 Å². The summed E-state index contributed by atoms with van der Waals surface area (Å²) in [5.74, 6) is -4.73. The highest BCUT2D eigenvalue weighted by molar-refractivity contribution is 5.86. The summed E-state index contributed by atoms with van der Waals surface area (Å²) >= 11 is 0. The number of hydrogen-bond acceptors (Lipinski definition) is 4. The molecule has 1 aliphatic heterocycles. The van der Waals surface area contributed by atoms with Gasteiger partial charge in [-0.3, -0.25) is 9.59 Å². The molecule has 0 aromatic carbocycles. The molecule has 5 nitrogen and oxygen atoms in total. The molecule has 27 heavy (non-hydrogen) atoms. The van der Waals surface area contributed by atoms with Crippen LogP contribution in [0.25, 0.3) is 0 Å². The summed E-state index contributed by atoms with van der Waals surface area (Å²) < 4.78 is 32.2. The van der Waals surface area contributed by atoms with E-state index in [0.29, 0.717) is 25.7 Å². The summed E-state index contributed by atoms with van der Waals surface area (Å²) in [7, 11) is 1.34. The number of hydrogen-bond donors (Lipinski definition) is 1. The maximum absolute atomic E-state index is 13.8. The average Bonchev–Trinajstić information content (AvgIpc) is 2.85. The Bertz CT molecular complexity index is 496. The largest absolute Gasteiger partial charge is 0.469 e. The summed E-state index contributed by atoms with van der Waals surface area (Å²) in [6.45, 7) is 2.33. The summed E-state index contributed by atoms with van der Waals surface area (Å²) in [5.41, 5.74) is 0. The van der Waals surface area contributed by atoms with Crippen molar-refractivity contribution in [1.82, 2.24) is 4.90 Å². The minimum atomic E-state index is -3.34. The second-order valence-electron chi connectivity index (χ2n) is 7.16. The third-order valence-electron chi connectivity index (χ3n) is 4.86. The Balaban J connectivity index is 2.45. The van der Waals surface area contributed by atoms with Crippen LogP contribution in [0.3, 0.4) is 0 Å². The predicted octanol–water partition coefficient (Wildman–Crippen LogP) is 3.84. The van der Waals surface area contributed by atoms with Crippen LogP contribution in [-0.2, 0) is 14.3 Å². The molecule has 7 heteroatoms. The van der Waals surface area contributed by atoms with Crippen molar-refractivity contribution in [3.63, 3.8) is 0 Å². The molecule has 0 spiro atoms. The Morgan fingerprint density at radius 1 is 1.30 bits per heavy atom. The summed E-state index contributed by atoms with van der Waals surface area (Å²) in [4.78, 5) is 24.2. The molecule has 1 rings (SSSR count). The summed E-state index contributed by atoms with van der Waals surface area (Å²) in [5, 5.41) is 9.94. The van der Waals surface area contributed by atoms with E-state index in [2.05, 4.69) is 11.7 Å². The number of methoxy groups -OCH3 is 1. The van der Waals surface area contributed by atoms with Crippen LogP contribution in [0.4, 0.5) is 8.78 Å². The maximum Gasteiger partial charge on any atom is 0.327 e. The lowest BCUT2D eigenvalue weighted by molar-refractivity contribution is -0.148. The number of amides is 1. The number of rotatable bonds is 13. The molecule has 1 unspecified atom stereocenters. The van der Waals surface area contributed by atoms with E-state index in [9.17, 15) is 23.5 Å². The third-order valence-corrected chi connectivity index (χ3v) is 4.86. The maximum atomic E-state index is 13.8. The van der Waals surface area contributed by atoms with E-state index < -0.39 is 30.4 Å². The van der Waals surface area contributed by atoms with Crippen LogP contribution >= 0.6 is 0 Å². The fourth-order valence-electron chi connectivity index (χ4n) is 3.22. The molecular formula is C20H33F2NO4. The van der Waals surface area contributed by atoms with E-state index in [-0.39, 0.29) is 12.5 Å². The number of aliphatic hydroxyl groups excluding tert-OH is 1. The Hall–Kier alpha value is -1.50. The third kappa shape index (κ3) is 8.37. The van der Waals surface area contributed by atoms with Gasteiger partial charge in [0, 0.05) is 19.4 Å². The highest BCUT2D eigenvalue weighted by Crippen LogP contribution is 2.34. The van der Waals surface area contributed by atoms with E-state index >= 15 is 0 Å².